The van der Waals surface area contributed by atoms with Crippen molar-refractivity contribution < 1.29 is 22.3 Å². The Morgan fingerprint density at radius 3 is 2.91 bits per heavy atom. The maximum atomic E-state index is 13.2. The first-order valence-electron chi connectivity index (χ1n) is 7.24. The van der Waals surface area contributed by atoms with E-state index >= 15 is 0 Å². The Balaban J connectivity index is 1.93. The molecule has 0 saturated carbocycles. The van der Waals surface area contributed by atoms with Gasteiger partial charge in [0, 0.05) is 13.2 Å². The predicted molar refractivity (Wildman–Crippen MR) is 80.6 cm³/mol. The number of halogens is 1. The highest BCUT2D eigenvalue weighted by Crippen LogP contribution is 2.23. The molecule has 1 saturated heterocycles. The first-order chi connectivity index (χ1) is 10.4. The average molecular weight is 329 g/mol. The molecular weight excluding hydrogens is 309 g/mol. The fraction of sp³-hybridized carbons (Fsp3) is 0.533. The van der Waals surface area contributed by atoms with Gasteiger partial charge in [0.2, 0.25) is 5.91 Å². The molecule has 0 bridgehead atoms. The summed E-state index contributed by atoms with van der Waals surface area (Å²) >= 11 is 0. The first-order valence-corrected chi connectivity index (χ1v) is 8.95. The Labute approximate surface area is 129 Å². The van der Waals surface area contributed by atoms with E-state index in [4.69, 9.17) is 4.74 Å². The van der Waals surface area contributed by atoms with E-state index in [1.54, 1.807) is 0 Å². The SMILES string of the molecule is C[C@H](c1cccc(F)c1)S(=O)(=O)CC(=O)NC[C@H]1CCCO1. The fourth-order valence-electron chi connectivity index (χ4n) is 2.36. The molecule has 1 amide bonds. The number of hydrogen-bond donors (Lipinski definition) is 1. The zero-order chi connectivity index (χ0) is 16.2. The Morgan fingerprint density at radius 1 is 1.50 bits per heavy atom. The molecule has 1 aromatic carbocycles. The van der Waals surface area contributed by atoms with E-state index in [-0.39, 0.29) is 6.10 Å². The van der Waals surface area contributed by atoms with Gasteiger partial charge in [0.1, 0.15) is 11.6 Å². The number of carbonyl (C=O) groups is 1. The minimum Gasteiger partial charge on any atom is -0.376 e. The monoisotopic (exact) mass is 329 g/mol. The van der Waals surface area contributed by atoms with Gasteiger partial charge in [-0.05, 0) is 37.5 Å². The van der Waals surface area contributed by atoms with Gasteiger partial charge in [0.05, 0.1) is 11.4 Å². The summed E-state index contributed by atoms with van der Waals surface area (Å²) in [7, 11) is -3.69. The van der Waals surface area contributed by atoms with Gasteiger partial charge in [0.25, 0.3) is 0 Å². The second-order valence-corrected chi connectivity index (χ2v) is 7.77. The van der Waals surface area contributed by atoms with E-state index in [9.17, 15) is 17.6 Å². The summed E-state index contributed by atoms with van der Waals surface area (Å²) in [6.45, 7) is 2.45. The Hall–Kier alpha value is -1.47. The van der Waals surface area contributed by atoms with E-state index < -0.39 is 32.6 Å². The van der Waals surface area contributed by atoms with Crippen LogP contribution in [0.4, 0.5) is 4.39 Å². The van der Waals surface area contributed by atoms with Crippen LogP contribution in [0.2, 0.25) is 0 Å². The van der Waals surface area contributed by atoms with E-state index in [0.717, 1.165) is 12.8 Å². The summed E-state index contributed by atoms with van der Waals surface area (Å²) in [6, 6.07) is 5.41. The van der Waals surface area contributed by atoms with Gasteiger partial charge in [-0.15, -0.1) is 0 Å². The molecule has 7 heteroatoms. The molecule has 0 radical (unpaired) electrons. The maximum Gasteiger partial charge on any atom is 0.235 e. The smallest absolute Gasteiger partial charge is 0.235 e. The van der Waals surface area contributed by atoms with Gasteiger partial charge in [-0.1, -0.05) is 12.1 Å². The third kappa shape index (κ3) is 4.51. The minimum atomic E-state index is -3.69. The molecule has 0 aliphatic carbocycles. The van der Waals surface area contributed by atoms with Crippen LogP contribution in [0, 0.1) is 5.82 Å². The molecule has 0 aromatic heterocycles. The molecule has 1 aromatic rings. The molecule has 5 nitrogen and oxygen atoms in total. The van der Waals surface area contributed by atoms with Crippen molar-refractivity contribution in [3.05, 3.63) is 35.6 Å². The second kappa shape index (κ2) is 7.19. The lowest BCUT2D eigenvalue weighted by atomic mass is 10.2. The molecule has 0 spiro atoms. The summed E-state index contributed by atoms with van der Waals surface area (Å²) in [4.78, 5) is 11.8. The van der Waals surface area contributed by atoms with E-state index in [1.165, 1.54) is 31.2 Å². The molecule has 1 heterocycles. The van der Waals surface area contributed by atoms with E-state index in [0.29, 0.717) is 18.7 Å². The molecule has 22 heavy (non-hydrogen) atoms. The minimum absolute atomic E-state index is 0.0349. The van der Waals surface area contributed by atoms with Gasteiger partial charge >= 0.3 is 0 Å². The van der Waals surface area contributed by atoms with Crippen LogP contribution in [0.25, 0.3) is 0 Å². The standard InChI is InChI=1S/C15H20FNO4S/c1-11(12-4-2-5-13(16)8-12)22(19,20)10-15(18)17-9-14-6-3-7-21-14/h2,4-5,8,11,14H,3,6-7,9-10H2,1H3,(H,17,18)/t11-,14-/m1/s1. The van der Waals surface area contributed by atoms with Gasteiger partial charge in [-0.2, -0.15) is 0 Å². The van der Waals surface area contributed by atoms with Gasteiger partial charge in [-0.25, -0.2) is 12.8 Å². The Bertz CT molecular complexity index is 626. The van der Waals surface area contributed by atoms with Crippen molar-refractivity contribution in [2.75, 3.05) is 18.9 Å². The normalized spacial score (nSPS) is 19.8. The molecular formula is C15H20FNO4S. The Morgan fingerprint density at radius 2 is 2.27 bits per heavy atom. The van der Waals surface area contributed by atoms with Crippen LogP contribution in [0.5, 0.6) is 0 Å². The number of amides is 1. The zero-order valence-electron chi connectivity index (χ0n) is 12.4. The second-order valence-electron chi connectivity index (χ2n) is 5.44. The molecule has 0 unspecified atom stereocenters. The topological polar surface area (TPSA) is 72.5 Å². The highest BCUT2D eigenvalue weighted by molar-refractivity contribution is 7.92. The molecule has 2 rings (SSSR count). The van der Waals surface area contributed by atoms with Crippen LogP contribution in [-0.2, 0) is 19.4 Å². The highest BCUT2D eigenvalue weighted by atomic mass is 32.2. The number of sulfone groups is 1. The third-order valence-corrected chi connectivity index (χ3v) is 5.75. The van der Waals surface area contributed by atoms with Crippen LogP contribution in [0.1, 0.15) is 30.6 Å². The molecule has 1 aliphatic heterocycles. The number of rotatable bonds is 6. The number of hydrogen-bond acceptors (Lipinski definition) is 4. The number of nitrogens with one attached hydrogen (secondary N) is 1. The first kappa shape index (κ1) is 16.9. The third-order valence-electron chi connectivity index (χ3n) is 3.74. The van der Waals surface area contributed by atoms with Crippen molar-refractivity contribution in [3.63, 3.8) is 0 Å². The molecule has 2 atom stereocenters. The van der Waals surface area contributed by atoms with Crippen molar-refractivity contribution in [2.24, 2.45) is 0 Å². The van der Waals surface area contributed by atoms with Crippen molar-refractivity contribution in [2.45, 2.75) is 31.1 Å². The molecule has 122 valence electrons. The summed E-state index contributed by atoms with van der Waals surface area (Å²) in [5, 5.41) is 1.65. The lowest BCUT2D eigenvalue weighted by Gasteiger charge is -2.14. The van der Waals surface area contributed by atoms with Gasteiger partial charge < -0.3 is 10.1 Å². The van der Waals surface area contributed by atoms with Crippen LogP contribution in [-0.4, -0.2) is 39.3 Å². The van der Waals surface area contributed by atoms with Crippen LogP contribution >= 0.6 is 0 Å². The predicted octanol–water partition coefficient (Wildman–Crippen LogP) is 1.60. The average Bonchev–Trinajstić information content (AvgIpc) is 2.97. The number of carbonyl (C=O) groups excluding carboxylic acids is 1. The quantitative estimate of drug-likeness (QED) is 0.860. The van der Waals surface area contributed by atoms with Crippen LogP contribution < -0.4 is 5.32 Å². The van der Waals surface area contributed by atoms with E-state index in [1.807, 2.05) is 0 Å². The van der Waals surface area contributed by atoms with E-state index in [2.05, 4.69) is 5.32 Å². The lowest BCUT2D eigenvalue weighted by molar-refractivity contribution is -0.119. The highest BCUT2D eigenvalue weighted by Gasteiger charge is 2.26. The largest absolute Gasteiger partial charge is 0.376 e. The van der Waals surface area contributed by atoms with Crippen molar-refractivity contribution in [3.8, 4) is 0 Å². The van der Waals surface area contributed by atoms with Crippen LogP contribution in [0.15, 0.2) is 24.3 Å². The van der Waals surface area contributed by atoms with Crippen molar-refractivity contribution in [1.29, 1.82) is 0 Å². The maximum absolute atomic E-state index is 13.2. The zero-order valence-corrected chi connectivity index (χ0v) is 13.2. The molecule has 1 fully saturated rings. The molecule has 1 aliphatic rings. The number of ether oxygens (including phenoxy) is 1. The van der Waals surface area contributed by atoms with Crippen LogP contribution in [0.3, 0.4) is 0 Å². The van der Waals surface area contributed by atoms with Crippen molar-refractivity contribution >= 4 is 15.7 Å². The summed E-state index contributed by atoms with van der Waals surface area (Å²) in [6.07, 6.45) is 1.79. The fourth-order valence-corrected chi connectivity index (χ4v) is 3.64. The Kier molecular flexibility index (Phi) is 5.52. The van der Waals surface area contributed by atoms with Crippen molar-refractivity contribution in [1.82, 2.24) is 5.32 Å². The number of benzene rings is 1. The lowest BCUT2D eigenvalue weighted by Crippen LogP contribution is -2.36. The summed E-state index contributed by atoms with van der Waals surface area (Å²) in [5.41, 5.74) is 0.340. The van der Waals surface area contributed by atoms with Gasteiger partial charge in [-0.3, -0.25) is 4.79 Å². The summed E-state index contributed by atoms with van der Waals surface area (Å²) in [5.74, 6) is -1.67. The van der Waals surface area contributed by atoms with Gasteiger partial charge in [0.15, 0.2) is 9.84 Å². The summed E-state index contributed by atoms with van der Waals surface area (Å²) < 4.78 is 43.0. The molecule has 1 N–H and O–H groups in total.